The van der Waals surface area contributed by atoms with Gasteiger partial charge in [-0.1, -0.05) is 50.5 Å². The standard InChI is InChI=1S/C24H33F3O/c1-2-18-5-11-21(12-6-18)22-13-7-19(8-14-22)3-4-20-9-15-23(16-10-20)28-17-24(25,26)27/h3-4,9-10,15-16,18-19,21-22H,2,5-8,11-14,17H2,1H3. The average molecular weight is 395 g/mol. The van der Waals surface area contributed by atoms with Gasteiger partial charge < -0.3 is 4.74 Å². The molecule has 0 saturated heterocycles. The topological polar surface area (TPSA) is 9.23 Å². The van der Waals surface area contributed by atoms with Crippen molar-refractivity contribution in [1.29, 1.82) is 0 Å². The lowest BCUT2D eigenvalue weighted by atomic mass is 9.69. The van der Waals surface area contributed by atoms with Gasteiger partial charge in [0.05, 0.1) is 0 Å². The van der Waals surface area contributed by atoms with Gasteiger partial charge in [-0.05, 0) is 79.9 Å². The first-order valence-electron chi connectivity index (χ1n) is 10.9. The van der Waals surface area contributed by atoms with Crippen LogP contribution < -0.4 is 4.74 Å². The van der Waals surface area contributed by atoms with E-state index in [1.807, 2.05) is 12.1 Å². The molecule has 156 valence electrons. The van der Waals surface area contributed by atoms with Gasteiger partial charge in [-0.25, -0.2) is 0 Å². The normalized spacial score (nSPS) is 29.1. The number of benzene rings is 1. The van der Waals surface area contributed by atoms with Gasteiger partial charge in [0.15, 0.2) is 6.61 Å². The highest BCUT2D eigenvalue weighted by Gasteiger charge is 2.30. The predicted molar refractivity (Wildman–Crippen MR) is 108 cm³/mol. The maximum atomic E-state index is 12.2. The van der Waals surface area contributed by atoms with Gasteiger partial charge >= 0.3 is 6.18 Å². The van der Waals surface area contributed by atoms with E-state index in [1.54, 1.807) is 12.1 Å². The number of rotatable bonds is 6. The van der Waals surface area contributed by atoms with Crippen molar-refractivity contribution in [3.63, 3.8) is 0 Å². The van der Waals surface area contributed by atoms with Crippen LogP contribution in [0.2, 0.25) is 0 Å². The van der Waals surface area contributed by atoms with Gasteiger partial charge in [0.1, 0.15) is 5.75 Å². The van der Waals surface area contributed by atoms with Crippen LogP contribution in [0.5, 0.6) is 5.75 Å². The van der Waals surface area contributed by atoms with E-state index in [0.29, 0.717) is 5.92 Å². The van der Waals surface area contributed by atoms with E-state index in [1.165, 1.54) is 57.8 Å². The van der Waals surface area contributed by atoms with Crippen molar-refractivity contribution < 1.29 is 17.9 Å². The summed E-state index contributed by atoms with van der Waals surface area (Å²) < 4.78 is 41.3. The highest BCUT2D eigenvalue weighted by Crippen LogP contribution is 2.42. The van der Waals surface area contributed by atoms with Gasteiger partial charge in [-0.2, -0.15) is 13.2 Å². The molecular formula is C24H33F3O. The van der Waals surface area contributed by atoms with Crippen LogP contribution in [0.25, 0.3) is 6.08 Å². The van der Waals surface area contributed by atoms with Crippen molar-refractivity contribution in [2.45, 2.75) is 70.9 Å². The summed E-state index contributed by atoms with van der Waals surface area (Å²) in [5.41, 5.74) is 1.01. The minimum atomic E-state index is -4.30. The first-order chi connectivity index (χ1) is 13.4. The molecule has 0 radical (unpaired) electrons. The molecule has 4 heteroatoms. The summed E-state index contributed by atoms with van der Waals surface area (Å²) in [6.07, 6.45) is 12.4. The van der Waals surface area contributed by atoms with E-state index < -0.39 is 12.8 Å². The minimum Gasteiger partial charge on any atom is -0.484 e. The molecular weight excluding hydrogens is 361 g/mol. The number of allylic oxidation sites excluding steroid dienone is 1. The molecule has 0 unspecified atom stereocenters. The Labute approximate surface area is 167 Å². The predicted octanol–water partition coefficient (Wildman–Crippen LogP) is 7.66. The smallest absolute Gasteiger partial charge is 0.422 e. The molecule has 0 bridgehead atoms. The van der Waals surface area contributed by atoms with E-state index in [2.05, 4.69) is 19.1 Å². The largest absolute Gasteiger partial charge is 0.484 e. The second kappa shape index (κ2) is 9.84. The molecule has 0 aliphatic heterocycles. The van der Waals surface area contributed by atoms with Crippen molar-refractivity contribution in [2.75, 3.05) is 6.61 Å². The number of hydrogen-bond acceptors (Lipinski definition) is 1. The summed E-state index contributed by atoms with van der Waals surface area (Å²) in [6.45, 7) is 1.08. The number of ether oxygens (including phenoxy) is 1. The molecule has 2 aliphatic carbocycles. The number of hydrogen-bond donors (Lipinski definition) is 0. The van der Waals surface area contributed by atoms with Crippen molar-refractivity contribution in [3.8, 4) is 5.75 Å². The number of halogens is 3. The summed E-state index contributed by atoms with van der Waals surface area (Å²) in [7, 11) is 0. The summed E-state index contributed by atoms with van der Waals surface area (Å²) in [5, 5.41) is 0. The fourth-order valence-electron chi connectivity index (χ4n) is 4.96. The van der Waals surface area contributed by atoms with Crippen LogP contribution in [0.15, 0.2) is 30.3 Å². The maximum Gasteiger partial charge on any atom is 0.422 e. The molecule has 1 nitrogen and oxygen atoms in total. The quantitative estimate of drug-likeness (QED) is 0.481. The fourth-order valence-corrected chi connectivity index (χ4v) is 4.96. The maximum absolute atomic E-state index is 12.2. The molecule has 1 aromatic carbocycles. The van der Waals surface area contributed by atoms with Crippen LogP contribution in [-0.4, -0.2) is 12.8 Å². The van der Waals surface area contributed by atoms with Crippen molar-refractivity contribution in [2.24, 2.45) is 23.7 Å². The first kappa shape index (κ1) is 21.3. The highest BCUT2D eigenvalue weighted by atomic mass is 19.4. The van der Waals surface area contributed by atoms with Gasteiger partial charge in [-0.15, -0.1) is 0 Å². The van der Waals surface area contributed by atoms with E-state index in [-0.39, 0.29) is 5.75 Å². The molecule has 0 aromatic heterocycles. The summed E-state index contributed by atoms with van der Waals surface area (Å²) in [5.74, 6) is 3.74. The van der Waals surface area contributed by atoms with E-state index >= 15 is 0 Å². The molecule has 0 heterocycles. The Bertz CT molecular complexity index is 604. The molecule has 3 rings (SSSR count). The molecule has 0 atom stereocenters. The van der Waals surface area contributed by atoms with Crippen LogP contribution in [0.3, 0.4) is 0 Å². The van der Waals surface area contributed by atoms with Crippen LogP contribution in [-0.2, 0) is 0 Å². The molecule has 0 spiro atoms. The Morgan fingerprint density at radius 1 is 0.893 bits per heavy atom. The minimum absolute atomic E-state index is 0.257. The van der Waals surface area contributed by atoms with Gasteiger partial charge in [0.2, 0.25) is 0 Å². The second-order valence-corrected chi connectivity index (χ2v) is 8.70. The highest BCUT2D eigenvalue weighted by molar-refractivity contribution is 5.50. The summed E-state index contributed by atoms with van der Waals surface area (Å²) in [4.78, 5) is 0. The Morgan fingerprint density at radius 3 is 2.00 bits per heavy atom. The molecule has 0 amide bonds. The van der Waals surface area contributed by atoms with E-state index in [0.717, 1.165) is 23.3 Å². The lowest BCUT2D eigenvalue weighted by Crippen LogP contribution is -2.25. The third kappa shape index (κ3) is 6.56. The summed E-state index contributed by atoms with van der Waals surface area (Å²) >= 11 is 0. The van der Waals surface area contributed by atoms with Crippen molar-refractivity contribution in [1.82, 2.24) is 0 Å². The Hall–Kier alpha value is -1.45. The Balaban J connectivity index is 1.41. The summed E-state index contributed by atoms with van der Waals surface area (Å²) in [6, 6.07) is 6.85. The molecule has 2 saturated carbocycles. The third-order valence-corrected chi connectivity index (χ3v) is 6.80. The Kier molecular flexibility index (Phi) is 7.48. The zero-order chi connectivity index (χ0) is 20.0. The van der Waals surface area contributed by atoms with Crippen molar-refractivity contribution >= 4 is 6.08 Å². The van der Waals surface area contributed by atoms with Gasteiger partial charge in [0.25, 0.3) is 0 Å². The molecule has 2 fully saturated rings. The second-order valence-electron chi connectivity index (χ2n) is 8.70. The molecule has 0 N–H and O–H groups in total. The molecule has 28 heavy (non-hydrogen) atoms. The fraction of sp³-hybridized carbons (Fsp3) is 0.667. The van der Waals surface area contributed by atoms with Crippen LogP contribution >= 0.6 is 0 Å². The zero-order valence-electron chi connectivity index (χ0n) is 16.9. The third-order valence-electron chi connectivity index (χ3n) is 6.80. The van der Waals surface area contributed by atoms with Gasteiger partial charge in [0, 0.05) is 0 Å². The van der Waals surface area contributed by atoms with Crippen LogP contribution in [0, 0.1) is 23.7 Å². The van der Waals surface area contributed by atoms with Crippen LogP contribution in [0.4, 0.5) is 13.2 Å². The lowest BCUT2D eigenvalue weighted by Gasteiger charge is -2.37. The first-order valence-corrected chi connectivity index (χ1v) is 10.9. The van der Waals surface area contributed by atoms with Crippen LogP contribution in [0.1, 0.15) is 70.3 Å². The Morgan fingerprint density at radius 2 is 1.46 bits per heavy atom. The molecule has 1 aromatic rings. The van der Waals surface area contributed by atoms with Crippen molar-refractivity contribution in [3.05, 3.63) is 35.9 Å². The SMILES string of the molecule is CCC1CCC(C2CCC(C=Cc3ccc(OCC(F)(F)F)cc3)CC2)CC1. The number of alkyl halides is 3. The average Bonchev–Trinajstić information content (AvgIpc) is 2.71. The van der Waals surface area contributed by atoms with Gasteiger partial charge in [-0.3, -0.25) is 0 Å². The zero-order valence-corrected chi connectivity index (χ0v) is 16.9. The van der Waals surface area contributed by atoms with E-state index in [4.69, 9.17) is 4.74 Å². The monoisotopic (exact) mass is 394 g/mol. The van der Waals surface area contributed by atoms with E-state index in [9.17, 15) is 13.2 Å². The molecule has 2 aliphatic rings. The lowest BCUT2D eigenvalue weighted by molar-refractivity contribution is -0.153.